The summed E-state index contributed by atoms with van der Waals surface area (Å²) in [5, 5.41) is 10.8. The lowest BCUT2D eigenvalue weighted by atomic mass is 10.0. The van der Waals surface area contributed by atoms with E-state index in [4.69, 9.17) is 11.8 Å². The second kappa shape index (κ2) is 4.53. The van der Waals surface area contributed by atoms with Gasteiger partial charge in [0.1, 0.15) is 0 Å². The Morgan fingerprint density at radius 3 is 2.67 bits per heavy atom. The fraction of sp³-hybridized carbons (Fsp3) is 0.154. The largest absolute Gasteiger partial charge is 0.289 e. The molecule has 0 bridgehead atoms. The number of carbonyl (C=O) groups is 1. The molecule has 0 N–H and O–H groups in total. The zero-order valence-corrected chi connectivity index (χ0v) is 12.1. The maximum Gasteiger partial charge on any atom is 0.270 e. The molecule has 5 heteroatoms. The highest BCUT2D eigenvalue weighted by atomic mass is 79.9. The molecule has 1 aromatic rings. The van der Waals surface area contributed by atoms with Gasteiger partial charge in [0.2, 0.25) is 0 Å². The van der Waals surface area contributed by atoms with Crippen molar-refractivity contribution >= 4 is 38.6 Å². The monoisotopic (exact) mass is 318 g/mol. The van der Waals surface area contributed by atoms with Crippen molar-refractivity contribution in [1.82, 2.24) is 0 Å². The van der Waals surface area contributed by atoms with Crippen LogP contribution in [0.1, 0.15) is 29.8 Å². The predicted octanol–water partition coefficient (Wildman–Crippen LogP) is 4.20. The molecule has 18 heavy (non-hydrogen) atoms. The molecule has 0 spiro atoms. The van der Waals surface area contributed by atoms with Crippen molar-refractivity contribution in [2.45, 2.75) is 13.8 Å². The predicted molar refractivity (Wildman–Crippen MR) is 73.9 cm³/mol. The quantitative estimate of drug-likeness (QED) is 0.409. The maximum atomic E-state index is 12.3. The molecule has 1 aromatic heterocycles. The van der Waals surface area contributed by atoms with Gasteiger partial charge in [-0.15, -0.1) is 11.3 Å². The standard InChI is InChI=1S/C13H7BrN2OS/c1-6(2)9-11(8(4-15)16-3)10-7(12(9)17)5-18-13(10)14/h5H,1-2H3/b11-8-. The zero-order chi connectivity index (χ0) is 13.4. The molecule has 1 aliphatic rings. The first-order chi connectivity index (χ1) is 8.52. The summed E-state index contributed by atoms with van der Waals surface area (Å²) in [6.07, 6.45) is 0. The first-order valence-electron chi connectivity index (χ1n) is 5.04. The summed E-state index contributed by atoms with van der Waals surface area (Å²) < 4.78 is 0.786. The third kappa shape index (κ3) is 1.64. The van der Waals surface area contributed by atoms with E-state index in [9.17, 15) is 4.79 Å². The summed E-state index contributed by atoms with van der Waals surface area (Å²) in [5.74, 6) is -0.0987. The molecule has 88 valence electrons. The fourth-order valence-electron chi connectivity index (χ4n) is 1.96. The van der Waals surface area contributed by atoms with Gasteiger partial charge in [0.05, 0.1) is 16.4 Å². The lowest BCUT2D eigenvalue weighted by Crippen LogP contribution is -1.97. The summed E-state index contributed by atoms with van der Waals surface area (Å²) in [4.78, 5) is 15.5. The Balaban J connectivity index is 2.94. The molecule has 0 aliphatic heterocycles. The van der Waals surface area contributed by atoms with Crippen LogP contribution in [0.5, 0.6) is 0 Å². The first kappa shape index (κ1) is 12.8. The van der Waals surface area contributed by atoms with Gasteiger partial charge in [0.15, 0.2) is 5.78 Å². The number of thiophene rings is 1. The Morgan fingerprint density at radius 2 is 2.17 bits per heavy atom. The zero-order valence-electron chi connectivity index (χ0n) is 9.67. The number of allylic oxidation sites excluding steroid dienone is 4. The van der Waals surface area contributed by atoms with E-state index in [2.05, 4.69) is 20.8 Å². The molecule has 0 atom stereocenters. The van der Waals surface area contributed by atoms with Crippen molar-refractivity contribution in [2.24, 2.45) is 0 Å². The average Bonchev–Trinajstić information content (AvgIpc) is 2.82. The molecular formula is C13H7BrN2OS. The van der Waals surface area contributed by atoms with Gasteiger partial charge in [-0.2, -0.15) is 0 Å². The van der Waals surface area contributed by atoms with E-state index in [-0.39, 0.29) is 11.5 Å². The number of hydrogen-bond donors (Lipinski definition) is 0. The minimum absolute atomic E-state index is 0.0302. The highest BCUT2D eigenvalue weighted by Gasteiger charge is 2.35. The Bertz CT molecular complexity index is 690. The van der Waals surface area contributed by atoms with Crippen molar-refractivity contribution in [2.75, 3.05) is 0 Å². The van der Waals surface area contributed by atoms with Crippen LogP contribution < -0.4 is 0 Å². The molecule has 1 aliphatic carbocycles. The van der Waals surface area contributed by atoms with Crippen LogP contribution in [0, 0.1) is 17.9 Å². The number of halogens is 1. The summed E-state index contributed by atoms with van der Waals surface area (Å²) in [6, 6.07) is 1.88. The number of fused-ring (bicyclic) bond motifs is 1. The Kier molecular flexibility index (Phi) is 3.21. The third-order valence-corrected chi connectivity index (χ3v) is 4.39. The summed E-state index contributed by atoms with van der Waals surface area (Å²) in [6.45, 7) is 10.7. The summed E-state index contributed by atoms with van der Waals surface area (Å²) >= 11 is 4.78. The van der Waals surface area contributed by atoms with E-state index in [1.165, 1.54) is 11.3 Å². The SMILES string of the molecule is [C-]#[N+]/C(C#N)=C1/C(=C(C)C)C(=O)c2csc(Br)c21. The van der Waals surface area contributed by atoms with Crippen LogP contribution in [0.25, 0.3) is 10.4 Å². The van der Waals surface area contributed by atoms with E-state index in [0.29, 0.717) is 22.3 Å². The molecule has 0 saturated carbocycles. The van der Waals surface area contributed by atoms with E-state index >= 15 is 0 Å². The van der Waals surface area contributed by atoms with Crippen LogP contribution in [0.4, 0.5) is 0 Å². The van der Waals surface area contributed by atoms with Crippen molar-refractivity contribution in [3.63, 3.8) is 0 Å². The van der Waals surface area contributed by atoms with E-state index in [0.717, 1.165) is 9.36 Å². The lowest BCUT2D eigenvalue weighted by Gasteiger charge is -2.04. The van der Waals surface area contributed by atoms with Gasteiger partial charge in [-0.1, -0.05) is 5.57 Å². The van der Waals surface area contributed by atoms with Crippen molar-refractivity contribution in [1.29, 1.82) is 5.26 Å². The second-order valence-corrected chi connectivity index (χ2v) is 6.15. The first-order valence-corrected chi connectivity index (χ1v) is 6.72. The van der Waals surface area contributed by atoms with Crippen molar-refractivity contribution < 1.29 is 4.79 Å². The molecular weight excluding hydrogens is 312 g/mol. The molecule has 0 unspecified atom stereocenters. The normalized spacial score (nSPS) is 16.1. The molecule has 0 aromatic carbocycles. The molecule has 0 amide bonds. The second-order valence-electron chi connectivity index (χ2n) is 3.95. The van der Waals surface area contributed by atoms with E-state index in [1.54, 1.807) is 5.38 Å². The summed E-state index contributed by atoms with van der Waals surface area (Å²) in [5.41, 5.74) is 3.02. The number of ketones is 1. The third-order valence-electron chi connectivity index (χ3n) is 2.67. The highest BCUT2D eigenvalue weighted by molar-refractivity contribution is 9.11. The van der Waals surface area contributed by atoms with E-state index in [1.807, 2.05) is 19.9 Å². The number of Topliss-reactive ketones (excluding diaryl/α,β-unsaturated/α-hetero) is 1. The van der Waals surface area contributed by atoms with Gasteiger partial charge in [-0.3, -0.25) is 4.79 Å². The topological polar surface area (TPSA) is 45.2 Å². The summed E-state index contributed by atoms with van der Waals surface area (Å²) in [7, 11) is 0. The number of rotatable bonds is 0. The van der Waals surface area contributed by atoms with Gasteiger partial charge in [-0.05, 0) is 29.8 Å². The van der Waals surface area contributed by atoms with Gasteiger partial charge in [-0.25, -0.2) is 10.1 Å². The molecule has 3 nitrogen and oxygen atoms in total. The number of hydrogen-bond acceptors (Lipinski definition) is 3. The fourth-order valence-corrected chi connectivity index (χ4v) is 3.43. The molecule has 2 rings (SSSR count). The number of carbonyl (C=O) groups excluding carboxylic acids is 1. The number of nitrogens with zero attached hydrogens (tertiary/aromatic N) is 2. The maximum absolute atomic E-state index is 12.3. The lowest BCUT2D eigenvalue weighted by molar-refractivity contribution is 0.104. The molecule has 0 fully saturated rings. The van der Waals surface area contributed by atoms with Crippen LogP contribution in [0.15, 0.2) is 26.0 Å². The Labute approximate surface area is 117 Å². The smallest absolute Gasteiger partial charge is 0.270 e. The van der Waals surface area contributed by atoms with Gasteiger partial charge >= 0.3 is 0 Å². The highest BCUT2D eigenvalue weighted by Crippen LogP contribution is 2.46. The Morgan fingerprint density at radius 1 is 1.50 bits per heavy atom. The molecule has 0 saturated heterocycles. The van der Waals surface area contributed by atoms with Gasteiger partial charge in [0.25, 0.3) is 5.70 Å². The van der Waals surface area contributed by atoms with Crippen molar-refractivity contribution in [3.05, 3.63) is 48.6 Å². The Hall–Kier alpha value is -1.69. The number of nitriles is 1. The van der Waals surface area contributed by atoms with Crippen LogP contribution in [-0.2, 0) is 0 Å². The minimum Gasteiger partial charge on any atom is -0.289 e. The van der Waals surface area contributed by atoms with Gasteiger partial charge in [0, 0.05) is 27.7 Å². The van der Waals surface area contributed by atoms with Crippen molar-refractivity contribution in [3.8, 4) is 6.07 Å². The van der Waals surface area contributed by atoms with Crippen LogP contribution in [-0.4, -0.2) is 5.78 Å². The van der Waals surface area contributed by atoms with Gasteiger partial charge < -0.3 is 0 Å². The molecule has 1 heterocycles. The van der Waals surface area contributed by atoms with Crippen LogP contribution >= 0.6 is 27.3 Å². The van der Waals surface area contributed by atoms with Crippen LogP contribution in [0.2, 0.25) is 0 Å². The molecule has 0 radical (unpaired) electrons. The average molecular weight is 319 g/mol. The minimum atomic E-state index is -0.0987. The van der Waals surface area contributed by atoms with E-state index < -0.39 is 0 Å². The van der Waals surface area contributed by atoms with Crippen LogP contribution in [0.3, 0.4) is 0 Å².